The second kappa shape index (κ2) is 9.35. The number of hydrogen-bond donors (Lipinski definition) is 3. The summed E-state index contributed by atoms with van der Waals surface area (Å²) >= 11 is 1.65. The molecule has 1 atom stereocenters. The molecule has 0 fully saturated rings. The van der Waals surface area contributed by atoms with E-state index in [0.29, 0.717) is 17.9 Å². The van der Waals surface area contributed by atoms with E-state index in [2.05, 4.69) is 27.4 Å². The SMILES string of the molecule is Cc1ccc(NC(=O)NC(C)Cc2ccsc2)cc1NC(=O)CN(C)C. The molecule has 1 aromatic carbocycles. The summed E-state index contributed by atoms with van der Waals surface area (Å²) in [4.78, 5) is 26.0. The lowest BCUT2D eigenvalue weighted by atomic mass is 10.1. The molecule has 26 heavy (non-hydrogen) atoms. The van der Waals surface area contributed by atoms with Gasteiger partial charge in [-0.25, -0.2) is 4.79 Å². The van der Waals surface area contributed by atoms with Gasteiger partial charge in [-0.3, -0.25) is 4.79 Å². The van der Waals surface area contributed by atoms with E-state index in [4.69, 9.17) is 0 Å². The Morgan fingerprint density at radius 1 is 1.19 bits per heavy atom. The Hall–Kier alpha value is -2.38. The maximum absolute atomic E-state index is 12.2. The predicted octanol–water partition coefficient (Wildman–Crippen LogP) is 3.31. The first kappa shape index (κ1) is 19.9. The fraction of sp³-hybridized carbons (Fsp3) is 0.368. The van der Waals surface area contributed by atoms with E-state index in [0.717, 1.165) is 12.0 Å². The Morgan fingerprint density at radius 3 is 2.62 bits per heavy atom. The van der Waals surface area contributed by atoms with Crippen molar-refractivity contribution in [2.75, 3.05) is 31.3 Å². The highest BCUT2D eigenvalue weighted by Crippen LogP contribution is 2.20. The molecule has 0 bridgehead atoms. The van der Waals surface area contributed by atoms with Gasteiger partial charge < -0.3 is 20.9 Å². The molecule has 1 heterocycles. The van der Waals surface area contributed by atoms with Gasteiger partial charge in [-0.15, -0.1) is 0 Å². The van der Waals surface area contributed by atoms with Crippen LogP contribution >= 0.6 is 11.3 Å². The fourth-order valence-corrected chi connectivity index (χ4v) is 3.20. The molecule has 0 aliphatic carbocycles. The first-order chi connectivity index (χ1) is 12.3. The Morgan fingerprint density at radius 2 is 1.96 bits per heavy atom. The average Bonchev–Trinajstić information content (AvgIpc) is 3.02. The zero-order chi connectivity index (χ0) is 19.1. The number of anilines is 2. The van der Waals surface area contributed by atoms with Gasteiger partial charge in [-0.05, 0) is 74.4 Å². The number of thiophene rings is 1. The highest BCUT2D eigenvalue weighted by Gasteiger charge is 2.11. The molecule has 0 saturated heterocycles. The van der Waals surface area contributed by atoms with E-state index in [9.17, 15) is 9.59 Å². The first-order valence-corrected chi connectivity index (χ1v) is 9.41. The molecule has 2 rings (SSSR count). The number of amides is 3. The van der Waals surface area contributed by atoms with Gasteiger partial charge in [0, 0.05) is 17.4 Å². The van der Waals surface area contributed by atoms with Crippen molar-refractivity contribution >= 4 is 34.6 Å². The van der Waals surface area contributed by atoms with Crippen LogP contribution in [0.1, 0.15) is 18.1 Å². The van der Waals surface area contributed by atoms with Gasteiger partial charge in [-0.1, -0.05) is 6.07 Å². The second-order valence-electron chi connectivity index (χ2n) is 6.65. The number of aryl methyl sites for hydroxylation is 1. The predicted molar refractivity (Wildman–Crippen MR) is 108 cm³/mol. The molecule has 1 aromatic heterocycles. The molecular weight excluding hydrogens is 348 g/mol. The molecular formula is C19H26N4O2S. The number of nitrogens with one attached hydrogen (secondary N) is 3. The third-order valence-corrected chi connectivity index (χ3v) is 4.46. The monoisotopic (exact) mass is 374 g/mol. The van der Waals surface area contributed by atoms with Crippen LogP contribution < -0.4 is 16.0 Å². The van der Waals surface area contributed by atoms with Crippen LogP contribution in [0.2, 0.25) is 0 Å². The fourth-order valence-electron chi connectivity index (χ4n) is 2.52. The number of urea groups is 1. The maximum atomic E-state index is 12.2. The van der Waals surface area contributed by atoms with Gasteiger partial charge in [0.15, 0.2) is 0 Å². The first-order valence-electron chi connectivity index (χ1n) is 8.47. The second-order valence-corrected chi connectivity index (χ2v) is 7.43. The standard InChI is InChI=1S/C19H26N4O2S/c1-13-5-6-16(10-17(13)22-18(24)11-23(3)4)21-19(25)20-14(2)9-15-7-8-26-12-15/h5-8,10,12,14H,9,11H2,1-4H3,(H,22,24)(H2,20,21,25). The van der Waals surface area contributed by atoms with Crippen molar-refractivity contribution in [2.24, 2.45) is 0 Å². The van der Waals surface area contributed by atoms with Gasteiger partial charge in [0.1, 0.15) is 0 Å². The lowest BCUT2D eigenvalue weighted by molar-refractivity contribution is -0.116. The van der Waals surface area contributed by atoms with Crippen molar-refractivity contribution in [3.63, 3.8) is 0 Å². The zero-order valence-corrected chi connectivity index (χ0v) is 16.4. The van der Waals surface area contributed by atoms with Crippen LogP contribution in [0.4, 0.5) is 16.2 Å². The third-order valence-electron chi connectivity index (χ3n) is 3.73. The third kappa shape index (κ3) is 6.50. The van der Waals surface area contributed by atoms with Crippen LogP contribution in [0.15, 0.2) is 35.0 Å². The Kier molecular flexibility index (Phi) is 7.17. The number of benzene rings is 1. The van der Waals surface area contributed by atoms with Crippen molar-refractivity contribution < 1.29 is 9.59 Å². The number of nitrogens with zero attached hydrogens (tertiary/aromatic N) is 1. The summed E-state index contributed by atoms with van der Waals surface area (Å²) in [5, 5.41) is 12.7. The number of hydrogen-bond acceptors (Lipinski definition) is 4. The van der Waals surface area contributed by atoms with Gasteiger partial charge in [0.05, 0.1) is 6.54 Å². The molecule has 0 aliphatic rings. The summed E-state index contributed by atoms with van der Waals surface area (Å²) in [6, 6.07) is 7.28. The van der Waals surface area contributed by atoms with Crippen LogP contribution in [-0.2, 0) is 11.2 Å². The van der Waals surface area contributed by atoms with Crippen LogP contribution in [-0.4, -0.2) is 43.5 Å². The summed E-state index contributed by atoms with van der Waals surface area (Å²) in [5.74, 6) is -0.0934. The summed E-state index contributed by atoms with van der Waals surface area (Å²) in [6.45, 7) is 4.19. The van der Waals surface area contributed by atoms with Crippen molar-refractivity contribution in [2.45, 2.75) is 26.3 Å². The summed E-state index contributed by atoms with van der Waals surface area (Å²) in [7, 11) is 3.68. The van der Waals surface area contributed by atoms with Crippen molar-refractivity contribution in [1.29, 1.82) is 0 Å². The molecule has 2 aromatic rings. The minimum Gasteiger partial charge on any atom is -0.335 e. The van der Waals surface area contributed by atoms with E-state index in [1.54, 1.807) is 22.3 Å². The summed E-state index contributed by atoms with van der Waals surface area (Å²) in [6.07, 6.45) is 0.788. The Balaban J connectivity index is 1.92. The van der Waals surface area contributed by atoms with E-state index in [1.165, 1.54) is 5.56 Å². The van der Waals surface area contributed by atoms with E-state index < -0.39 is 0 Å². The molecule has 7 heteroatoms. The van der Waals surface area contributed by atoms with Crippen LogP contribution in [0.25, 0.3) is 0 Å². The van der Waals surface area contributed by atoms with E-state index >= 15 is 0 Å². The summed E-state index contributed by atoms with van der Waals surface area (Å²) in [5.41, 5.74) is 3.48. The Bertz CT molecular complexity index is 744. The van der Waals surface area contributed by atoms with Gasteiger partial charge in [-0.2, -0.15) is 11.3 Å². The number of carbonyl (C=O) groups excluding carboxylic acids is 2. The Labute approximate surface area is 158 Å². The van der Waals surface area contributed by atoms with Crippen molar-refractivity contribution in [3.8, 4) is 0 Å². The number of likely N-dealkylation sites (N-methyl/N-ethyl adjacent to an activating group) is 1. The quantitative estimate of drug-likeness (QED) is 0.696. The molecule has 0 saturated carbocycles. The number of carbonyl (C=O) groups is 2. The molecule has 3 N–H and O–H groups in total. The van der Waals surface area contributed by atoms with Crippen molar-refractivity contribution in [1.82, 2.24) is 10.2 Å². The largest absolute Gasteiger partial charge is 0.335 e. The molecule has 0 spiro atoms. The molecule has 0 aliphatic heterocycles. The van der Waals surface area contributed by atoms with Crippen LogP contribution in [0, 0.1) is 6.92 Å². The van der Waals surface area contributed by atoms with E-state index in [1.807, 2.05) is 45.5 Å². The topological polar surface area (TPSA) is 73.5 Å². The van der Waals surface area contributed by atoms with Crippen LogP contribution in [0.5, 0.6) is 0 Å². The zero-order valence-electron chi connectivity index (χ0n) is 15.6. The minimum atomic E-state index is -0.262. The van der Waals surface area contributed by atoms with E-state index in [-0.39, 0.29) is 18.0 Å². The highest BCUT2D eigenvalue weighted by molar-refractivity contribution is 7.07. The average molecular weight is 375 g/mol. The van der Waals surface area contributed by atoms with Crippen LogP contribution in [0.3, 0.4) is 0 Å². The minimum absolute atomic E-state index is 0.0225. The lowest BCUT2D eigenvalue weighted by Gasteiger charge is -2.16. The molecule has 6 nitrogen and oxygen atoms in total. The smallest absolute Gasteiger partial charge is 0.319 e. The van der Waals surface area contributed by atoms with Gasteiger partial charge in [0.2, 0.25) is 5.91 Å². The van der Waals surface area contributed by atoms with Crippen molar-refractivity contribution in [3.05, 3.63) is 46.2 Å². The summed E-state index contributed by atoms with van der Waals surface area (Å²) < 4.78 is 0. The lowest BCUT2D eigenvalue weighted by Crippen LogP contribution is -2.37. The number of rotatable bonds is 7. The highest BCUT2D eigenvalue weighted by atomic mass is 32.1. The van der Waals surface area contributed by atoms with Gasteiger partial charge in [0.25, 0.3) is 0 Å². The molecule has 3 amide bonds. The molecule has 140 valence electrons. The normalized spacial score (nSPS) is 11.9. The maximum Gasteiger partial charge on any atom is 0.319 e. The molecule has 0 radical (unpaired) electrons. The van der Waals surface area contributed by atoms with Gasteiger partial charge >= 0.3 is 6.03 Å². The molecule has 1 unspecified atom stereocenters.